The summed E-state index contributed by atoms with van der Waals surface area (Å²) in [5.74, 6) is 0.258. The minimum Gasteiger partial charge on any atom is -0.371 e. The van der Waals surface area contributed by atoms with Crippen molar-refractivity contribution in [2.24, 2.45) is 11.7 Å². The lowest BCUT2D eigenvalue weighted by atomic mass is 10.0. The number of amides is 1. The van der Waals surface area contributed by atoms with E-state index in [-0.39, 0.29) is 11.8 Å². The zero-order chi connectivity index (χ0) is 13.8. The van der Waals surface area contributed by atoms with Crippen molar-refractivity contribution in [1.29, 1.82) is 0 Å². The van der Waals surface area contributed by atoms with Gasteiger partial charge in [-0.25, -0.2) is 0 Å². The average molecular weight is 261 g/mol. The van der Waals surface area contributed by atoms with Gasteiger partial charge in [-0.1, -0.05) is 19.1 Å². The van der Waals surface area contributed by atoms with Crippen LogP contribution in [0.4, 0.5) is 11.4 Å². The van der Waals surface area contributed by atoms with Crippen molar-refractivity contribution in [2.45, 2.75) is 19.8 Å². The van der Waals surface area contributed by atoms with Gasteiger partial charge in [0.05, 0.1) is 11.4 Å². The summed E-state index contributed by atoms with van der Waals surface area (Å²) < 4.78 is 0. The Morgan fingerprint density at radius 2 is 2.00 bits per heavy atom. The molecule has 0 bridgehead atoms. The van der Waals surface area contributed by atoms with E-state index in [0.29, 0.717) is 6.54 Å². The molecule has 19 heavy (non-hydrogen) atoms. The summed E-state index contributed by atoms with van der Waals surface area (Å²) in [5.41, 5.74) is 7.68. The fourth-order valence-corrected chi connectivity index (χ4v) is 2.55. The third kappa shape index (κ3) is 2.89. The van der Waals surface area contributed by atoms with Crippen LogP contribution in [0, 0.1) is 5.92 Å². The highest BCUT2D eigenvalue weighted by Crippen LogP contribution is 2.32. The monoisotopic (exact) mass is 261 g/mol. The van der Waals surface area contributed by atoms with Crippen LogP contribution in [0.5, 0.6) is 0 Å². The molecule has 0 spiro atoms. The molecule has 0 aliphatic carbocycles. The maximum absolute atomic E-state index is 12.5. The van der Waals surface area contributed by atoms with E-state index >= 15 is 0 Å². The lowest BCUT2D eigenvalue weighted by molar-refractivity contribution is -0.122. The van der Waals surface area contributed by atoms with E-state index < -0.39 is 0 Å². The molecule has 1 aliphatic rings. The molecule has 1 aromatic rings. The maximum atomic E-state index is 12.5. The molecule has 2 N–H and O–H groups in total. The van der Waals surface area contributed by atoms with Gasteiger partial charge in [0.1, 0.15) is 0 Å². The van der Waals surface area contributed by atoms with Crippen LogP contribution in [0.1, 0.15) is 19.8 Å². The van der Waals surface area contributed by atoms with Crippen LogP contribution in [0.25, 0.3) is 0 Å². The molecule has 1 aliphatic heterocycles. The van der Waals surface area contributed by atoms with Crippen molar-refractivity contribution in [2.75, 3.05) is 36.5 Å². The zero-order valence-electron chi connectivity index (χ0n) is 11.8. The molecule has 1 aromatic carbocycles. The van der Waals surface area contributed by atoms with Crippen LogP contribution in [0.2, 0.25) is 0 Å². The van der Waals surface area contributed by atoms with Gasteiger partial charge < -0.3 is 15.5 Å². The molecule has 2 rings (SSSR count). The normalized spacial score (nSPS) is 16.2. The number of fused-ring (bicyclic) bond motifs is 1. The third-order valence-electron chi connectivity index (χ3n) is 3.77. The number of anilines is 2. The summed E-state index contributed by atoms with van der Waals surface area (Å²) in [7, 11) is 2.07. The number of nitrogens with two attached hydrogens (primary N) is 1. The van der Waals surface area contributed by atoms with Gasteiger partial charge in [0, 0.05) is 26.1 Å². The van der Waals surface area contributed by atoms with Gasteiger partial charge >= 0.3 is 0 Å². The second-order valence-corrected chi connectivity index (χ2v) is 5.23. The summed E-state index contributed by atoms with van der Waals surface area (Å²) in [6.07, 6.45) is 1.77. The highest BCUT2D eigenvalue weighted by atomic mass is 16.2. The molecule has 4 heteroatoms. The predicted molar refractivity (Wildman–Crippen MR) is 79.5 cm³/mol. The third-order valence-corrected chi connectivity index (χ3v) is 3.77. The van der Waals surface area contributed by atoms with Gasteiger partial charge in [-0.2, -0.15) is 0 Å². The first-order valence-electron chi connectivity index (χ1n) is 6.96. The van der Waals surface area contributed by atoms with Crippen molar-refractivity contribution >= 4 is 17.3 Å². The molecule has 1 unspecified atom stereocenters. The van der Waals surface area contributed by atoms with Gasteiger partial charge in [-0.05, 0) is 31.5 Å². The van der Waals surface area contributed by atoms with E-state index in [1.807, 2.05) is 30.0 Å². The predicted octanol–water partition coefficient (Wildman–Crippen LogP) is 1.84. The average Bonchev–Trinajstić information content (AvgIpc) is 2.45. The second kappa shape index (κ2) is 6.06. The SMILES string of the molecule is CC(CCCN)C(=O)N1CCN(C)c2ccccc21. The number of hydrogen-bond donors (Lipinski definition) is 1. The number of para-hydroxylation sites is 2. The van der Waals surface area contributed by atoms with Crippen molar-refractivity contribution in [3.63, 3.8) is 0 Å². The van der Waals surface area contributed by atoms with Crippen LogP contribution in [0.3, 0.4) is 0 Å². The summed E-state index contributed by atoms with van der Waals surface area (Å²) in [4.78, 5) is 16.7. The Balaban J connectivity index is 2.18. The van der Waals surface area contributed by atoms with E-state index in [0.717, 1.165) is 37.3 Å². The fraction of sp³-hybridized carbons (Fsp3) is 0.533. The minimum absolute atomic E-state index is 0.0417. The van der Waals surface area contributed by atoms with E-state index in [2.05, 4.69) is 18.0 Å². The topological polar surface area (TPSA) is 49.6 Å². The molecular formula is C15H23N3O. The van der Waals surface area contributed by atoms with Gasteiger partial charge in [0.15, 0.2) is 0 Å². The molecule has 0 saturated carbocycles. The van der Waals surface area contributed by atoms with Crippen molar-refractivity contribution in [3.05, 3.63) is 24.3 Å². The van der Waals surface area contributed by atoms with Gasteiger partial charge in [0.2, 0.25) is 5.91 Å². The van der Waals surface area contributed by atoms with Crippen LogP contribution in [0.15, 0.2) is 24.3 Å². The van der Waals surface area contributed by atoms with E-state index in [1.54, 1.807) is 0 Å². The Bertz CT molecular complexity index is 447. The van der Waals surface area contributed by atoms with E-state index in [9.17, 15) is 4.79 Å². The first-order chi connectivity index (χ1) is 9.15. The molecule has 1 atom stereocenters. The summed E-state index contributed by atoms with van der Waals surface area (Å²) in [5, 5.41) is 0. The van der Waals surface area contributed by atoms with E-state index in [4.69, 9.17) is 5.73 Å². The highest BCUT2D eigenvalue weighted by molar-refractivity contribution is 5.98. The number of likely N-dealkylation sites (N-methyl/N-ethyl adjacent to an activating group) is 1. The highest BCUT2D eigenvalue weighted by Gasteiger charge is 2.27. The molecular weight excluding hydrogens is 238 g/mol. The van der Waals surface area contributed by atoms with Gasteiger partial charge in [-0.15, -0.1) is 0 Å². The molecule has 0 radical (unpaired) electrons. The first kappa shape index (κ1) is 13.9. The maximum Gasteiger partial charge on any atom is 0.229 e. The zero-order valence-corrected chi connectivity index (χ0v) is 11.8. The van der Waals surface area contributed by atoms with Crippen molar-refractivity contribution in [1.82, 2.24) is 0 Å². The van der Waals surface area contributed by atoms with Gasteiger partial charge in [-0.3, -0.25) is 4.79 Å². The van der Waals surface area contributed by atoms with Crippen LogP contribution in [-0.2, 0) is 4.79 Å². The lowest BCUT2D eigenvalue weighted by Gasteiger charge is -2.36. The van der Waals surface area contributed by atoms with E-state index in [1.165, 1.54) is 0 Å². The second-order valence-electron chi connectivity index (χ2n) is 5.23. The fourth-order valence-electron chi connectivity index (χ4n) is 2.55. The Hall–Kier alpha value is -1.55. The van der Waals surface area contributed by atoms with Gasteiger partial charge in [0.25, 0.3) is 0 Å². The van der Waals surface area contributed by atoms with Crippen molar-refractivity contribution < 1.29 is 4.79 Å². The first-order valence-corrected chi connectivity index (χ1v) is 6.96. The van der Waals surface area contributed by atoms with Crippen molar-refractivity contribution in [3.8, 4) is 0 Å². The summed E-state index contributed by atoms with van der Waals surface area (Å²) in [6.45, 7) is 4.29. The Labute approximate surface area is 115 Å². The van der Waals surface area contributed by atoms with Crippen LogP contribution >= 0.6 is 0 Å². The summed E-state index contributed by atoms with van der Waals surface area (Å²) in [6, 6.07) is 8.10. The molecule has 4 nitrogen and oxygen atoms in total. The number of carbonyl (C=O) groups is 1. The van der Waals surface area contributed by atoms with Crippen LogP contribution < -0.4 is 15.5 Å². The largest absolute Gasteiger partial charge is 0.371 e. The molecule has 0 fully saturated rings. The molecule has 0 saturated heterocycles. The number of nitrogens with zero attached hydrogens (tertiary/aromatic N) is 2. The molecule has 104 valence electrons. The number of benzene rings is 1. The van der Waals surface area contributed by atoms with Crippen LogP contribution in [-0.4, -0.2) is 32.6 Å². The standard InChI is InChI=1S/C15H23N3O/c1-12(6-5-9-16)15(19)18-11-10-17(2)13-7-3-4-8-14(13)18/h3-4,7-8,12H,5-6,9-11,16H2,1-2H3. The lowest BCUT2D eigenvalue weighted by Crippen LogP contribution is -2.44. The smallest absolute Gasteiger partial charge is 0.229 e. The Morgan fingerprint density at radius 1 is 1.32 bits per heavy atom. The number of carbonyl (C=O) groups excluding carboxylic acids is 1. The Kier molecular flexibility index (Phi) is 4.43. The molecule has 1 heterocycles. The minimum atomic E-state index is 0.0417. The number of rotatable bonds is 4. The molecule has 1 amide bonds. The molecule has 0 aromatic heterocycles. The quantitative estimate of drug-likeness (QED) is 0.900. The Morgan fingerprint density at radius 3 is 2.68 bits per heavy atom. The summed E-state index contributed by atoms with van der Waals surface area (Å²) >= 11 is 0. The number of hydrogen-bond acceptors (Lipinski definition) is 3.